The third kappa shape index (κ3) is 5.80. The average Bonchev–Trinajstić information content (AvgIpc) is 2.73. The Hall–Kier alpha value is -2.40. The van der Waals surface area contributed by atoms with E-state index in [2.05, 4.69) is 40.6 Å². The quantitative estimate of drug-likeness (QED) is 0.731. The lowest BCUT2D eigenvalue weighted by Crippen LogP contribution is -2.38. The highest BCUT2D eigenvalue weighted by atomic mass is 16.3. The Balaban J connectivity index is 1.45. The Morgan fingerprint density at radius 3 is 2.61 bits per heavy atom. The molecule has 5 heteroatoms. The molecule has 3 rings (SSSR count). The molecule has 1 saturated heterocycles. The second-order valence-electron chi connectivity index (χ2n) is 7.75. The molecule has 1 aromatic heterocycles. The fourth-order valence-electron chi connectivity index (χ4n) is 3.75. The lowest BCUT2D eigenvalue weighted by molar-refractivity contribution is 0.0686. The second-order valence-corrected chi connectivity index (χ2v) is 7.75. The number of nitrogens with zero attached hydrogens (tertiary/aromatic N) is 2. The summed E-state index contributed by atoms with van der Waals surface area (Å²) in [5.74, 6) is 1.50. The van der Waals surface area contributed by atoms with Crippen LogP contribution in [0.15, 0.2) is 48.7 Å². The number of carbonyl (C=O) groups is 1. The van der Waals surface area contributed by atoms with Crippen molar-refractivity contribution >= 4 is 11.7 Å². The van der Waals surface area contributed by atoms with Crippen LogP contribution >= 0.6 is 0 Å². The Morgan fingerprint density at radius 2 is 1.96 bits per heavy atom. The van der Waals surface area contributed by atoms with Crippen LogP contribution in [0, 0.1) is 5.92 Å². The molecule has 5 nitrogen and oxygen atoms in total. The summed E-state index contributed by atoms with van der Waals surface area (Å²) in [4.78, 5) is 19.1. The standard InChI is InChI=1S/C23H31N3O2/c1-18(13-16-27)25-22-10-9-21(17-24-22)23(28)26-14-11-20(12-15-26)8-7-19-5-3-2-4-6-19/h2-6,9-10,17-18,20,27H,7-8,11-16H2,1H3,(H,24,25). The van der Waals surface area contributed by atoms with Gasteiger partial charge in [-0.15, -0.1) is 0 Å². The molecule has 1 fully saturated rings. The fraction of sp³-hybridized carbons (Fsp3) is 0.478. The first-order valence-corrected chi connectivity index (χ1v) is 10.3. The van der Waals surface area contributed by atoms with Crippen LogP contribution < -0.4 is 5.32 Å². The maximum absolute atomic E-state index is 12.8. The van der Waals surface area contributed by atoms with Crippen molar-refractivity contribution in [2.45, 2.75) is 45.1 Å². The summed E-state index contributed by atoms with van der Waals surface area (Å²) in [6.45, 7) is 3.79. The molecule has 1 unspecified atom stereocenters. The zero-order valence-electron chi connectivity index (χ0n) is 16.7. The molecule has 1 aliphatic heterocycles. The molecule has 1 aromatic carbocycles. The number of nitrogens with one attached hydrogen (secondary N) is 1. The van der Waals surface area contributed by atoms with Crippen molar-refractivity contribution in [1.29, 1.82) is 0 Å². The molecule has 0 spiro atoms. The van der Waals surface area contributed by atoms with Crippen LogP contribution in [0.3, 0.4) is 0 Å². The molecule has 0 saturated carbocycles. The van der Waals surface area contributed by atoms with Crippen LogP contribution in [0.2, 0.25) is 0 Å². The van der Waals surface area contributed by atoms with Gasteiger partial charge in [0.05, 0.1) is 5.56 Å². The number of pyridine rings is 1. The minimum atomic E-state index is 0.0731. The van der Waals surface area contributed by atoms with Crippen LogP contribution in [-0.4, -0.2) is 46.6 Å². The maximum atomic E-state index is 12.8. The van der Waals surface area contributed by atoms with Crippen molar-refractivity contribution in [2.75, 3.05) is 25.0 Å². The van der Waals surface area contributed by atoms with Crippen LogP contribution in [0.25, 0.3) is 0 Å². The highest BCUT2D eigenvalue weighted by Gasteiger charge is 2.23. The molecular weight excluding hydrogens is 350 g/mol. The highest BCUT2D eigenvalue weighted by Crippen LogP contribution is 2.23. The van der Waals surface area contributed by atoms with E-state index in [0.717, 1.165) is 38.2 Å². The van der Waals surface area contributed by atoms with E-state index in [-0.39, 0.29) is 18.6 Å². The summed E-state index contributed by atoms with van der Waals surface area (Å²) in [6, 6.07) is 14.5. The van der Waals surface area contributed by atoms with Crippen molar-refractivity contribution in [3.05, 3.63) is 59.8 Å². The Bertz CT molecular complexity index is 725. The van der Waals surface area contributed by atoms with E-state index >= 15 is 0 Å². The van der Waals surface area contributed by atoms with Crippen molar-refractivity contribution in [3.8, 4) is 0 Å². The molecule has 2 N–H and O–H groups in total. The summed E-state index contributed by atoms with van der Waals surface area (Å²) >= 11 is 0. The molecular formula is C23H31N3O2. The second kappa shape index (κ2) is 10.2. The summed E-state index contributed by atoms with van der Waals surface area (Å²) < 4.78 is 0. The van der Waals surface area contributed by atoms with E-state index in [4.69, 9.17) is 5.11 Å². The zero-order chi connectivity index (χ0) is 19.8. The SMILES string of the molecule is CC(CCO)Nc1ccc(C(=O)N2CCC(CCc3ccccc3)CC2)cn1. The third-order valence-electron chi connectivity index (χ3n) is 5.55. The molecule has 2 heterocycles. The lowest BCUT2D eigenvalue weighted by atomic mass is 9.90. The molecule has 1 aliphatic rings. The number of carbonyl (C=O) groups excluding carboxylic acids is 1. The van der Waals surface area contributed by atoms with E-state index in [1.807, 2.05) is 24.0 Å². The van der Waals surface area contributed by atoms with Crippen molar-refractivity contribution in [2.24, 2.45) is 5.92 Å². The number of hydrogen-bond donors (Lipinski definition) is 2. The van der Waals surface area contributed by atoms with E-state index < -0.39 is 0 Å². The minimum Gasteiger partial charge on any atom is -0.396 e. The third-order valence-corrected chi connectivity index (χ3v) is 5.55. The van der Waals surface area contributed by atoms with Gasteiger partial charge in [0.1, 0.15) is 5.82 Å². The monoisotopic (exact) mass is 381 g/mol. The molecule has 1 atom stereocenters. The molecule has 0 bridgehead atoms. The van der Waals surface area contributed by atoms with Crippen LogP contribution in [0.5, 0.6) is 0 Å². The lowest BCUT2D eigenvalue weighted by Gasteiger charge is -2.32. The van der Waals surface area contributed by atoms with Crippen LogP contribution in [0.1, 0.15) is 48.5 Å². The number of hydrogen-bond acceptors (Lipinski definition) is 4. The molecule has 28 heavy (non-hydrogen) atoms. The van der Waals surface area contributed by atoms with Crippen LogP contribution in [-0.2, 0) is 6.42 Å². The fourth-order valence-corrected chi connectivity index (χ4v) is 3.75. The van der Waals surface area contributed by atoms with Gasteiger partial charge in [0, 0.05) is 31.9 Å². The molecule has 1 amide bonds. The summed E-state index contributed by atoms with van der Waals surface area (Å²) in [7, 11) is 0. The number of aliphatic hydroxyl groups is 1. The van der Waals surface area contributed by atoms with Gasteiger partial charge in [-0.1, -0.05) is 30.3 Å². The number of benzene rings is 1. The minimum absolute atomic E-state index is 0.0731. The molecule has 0 aliphatic carbocycles. The van der Waals surface area contributed by atoms with Gasteiger partial charge in [0.2, 0.25) is 0 Å². The van der Waals surface area contributed by atoms with Crippen LogP contribution in [0.4, 0.5) is 5.82 Å². The largest absolute Gasteiger partial charge is 0.396 e. The topological polar surface area (TPSA) is 65.5 Å². The number of aromatic nitrogens is 1. The number of amides is 1. The van der Waals surface area contributed by atoms with Gasteiger partial charge in [0.15, 0.2) is 0 Å². The first-order chi connectivity index (χ1) is 13.7. The maximum Gasteiger partial charge on any atom is 0.255 e. The smallest absolute Gasteiger partial charge is 0.255 e. The first-order valence-electron chi connectivity index (χ1n) is 10.3. The van der Waals surface area contributed by atoms with Gasteiger partial charge in [-0.25, -0.2) is 4.98 Å². The number of aliphatic hydroxyl groups excluding tert-OH is 1. The molecule has 2 aromatic rings. The summed E-state index contributed by atoms with van der Waals surface area (Å²) in [6.07, 6.45) is 6.78. The van der Waals surface area contributed by atoms with E-state index in [1.54, 1.807) is 6.20 Å². The summed E-state index contributed by atoms with van der Waals surface area (Å²) in [5.41, 5.74) is 2.04. The van der Waals surface area contributed by atoms with Crippen molar-refractivity contribution in [1.82, 2.24) is 9.88 Å². The van der Waals surface area contributed by atoms with E-state index in [9.17, 15) is 4.79 Å². The van der Waals surface area contributed by atoms with Gasteiger partial charge in [-0.3, -0.25) is 4.79 Å². The van der Waals surface area contributed by atoms with E-state index in [1.165, 1.54) is 12.0 Å². The number of likely N-dealkylation sites (tertiary alicyclic amines) is 1. The number of piperidine rings is 1. The zero-order valence-corrected chi connectivity index (χ0v) is 16.7. The first kappa shape index (κ1) is 20.3. The van der Waals surface area contributed by atoms with Gasteiger partial charge >= 0.3 is 0 Å². The van der Waals surface area contributed by atoms with Gasteiger partial charge in [-0.2, -0.15) is 0 Å². The van der Waals surface area contributed by atoms with Gasteiger partial charge in [-0.05, 0) is 62.6 Å². The Morgan fingerprint density at radius 1 is 1.21 bits per heavy atom. The van der Waals surface area contributed by atoms with Crippen molar-refractivity contribution in [3.63, 3.8) is 0 Å². The normalized spacial score (nSPS) is 16.0. The molecule has 150 valence electrons. The predicted octanol–water partition coefficient (Wildman–Crippen LogP) is 3.75. The van der Waals surface area contributed by atoms with E-state index in [0.29, 0.717) is 17.9 Å². The summed E-state index contributed by atoms with van der Waals surface area (Å²) in [5, 5.41) is 12.2. The average molecular weight is 382 g/mol. The Labute approximate surface area is 167 Å². The van der Waals surface area contributed by atoms with Gasteiger partial charge < -0.3 is 15.3 Å². The number of rotatable bonds is 8. The number of aryl methyl sites for hydroxylation is 1. The van der Waals surface area contributed by atoms with Crippen molar-refractivity contribution < 1.29 is 9.90 Å². The number of anilines is 1. The Kier molecular flexibility index (Phi) is 7.43. The predicted molar refractivity (Wildman–Crippen MR) is 112 cm³/mol. The van der Waals surface area contributed by atoms with Gasteiger partial charge in [0.25, 0.3) is 5.91 Å². The highest BCUT2D eigenvalue weighted by molar-refractivity contribution is 5.94. The molecule has 0 radical (unpaired) electrons.